The Bertz CT molecular complexity index is 977. The number of carbonyl (C=O) groups is 1. The van der Waals surface area contributed by atoms with Crippen molar-refractivity contribution in [1.29, 1.82) is 0 Å². The van der Waals surface area contributed by atoms with Crippen molar-refractivity contribution in [1.82, 2.24) is 9.97 Å². The van der Waals surface area contributed by atoms with Gasteiger partial charge in [-0.2, -0.15) is 18.2 Å². The third-order valence-corrected chi connectivity index (χ3v) is 3.48. The third kappa shape index (κ3) is 4.72. The number of aromatic carboxylic acids is 1. The van der Waals surface area contributed by atoms with Crippen molar-refractivity contribution in [2.75, 3.05) is 10.6 Å². The fraction of sp³-hybridized carbons (Fsp3) is 0.0556. The first-order valence-electron chi connectivity index (χ1n) is 7.69. The van der Waals surface area contributed by atoms with Gasteiger partial charge in [-0.25, -0.2) is 9.78 Å². The second-order valence-electron chi connectivity index (χ2n) is 5.48. The minimum atomic E-state index is -4.45. The van der Waals surface area contributed by atoms with Gasteiger partial charge >= 0.3 is 12.1 Å². The number of rotatable bonds is 5. The summed E-state index contributed by atoms with van der Waals surface area (Å²) in [5.74, 6) is -0.621. The minimum Gasteiger partial charge on any atom is -0.478 e. The van der Waals surface area contributed by atoms with Crippen molar-refractivity contribution < 1.29 is 23.1 Å². The molecule has 0 aliphatic heterocycles. The highest BCUT2D eigenvalue weighted by Crippen LogP contribution is 2.31. The number of carboxylic acid groups (broad SMARTS) is 1. The lowest BCUT2D eigenvalue weighted by Gasteiger charge is -2.11. The van der Waals surface area contributed by atoms with Crippen LogP contribution >= 0.6 is 0 Å². The highest BCUT2D eigenvalue weighted by atomic mass is 19.4. The van der Waals surface area contributed by atoms with Crippen molar-refractivity contribution in [3.8, 4) is 0 Å². The summed E-state index contributed by atoms with van der Waals surface area (Å²) < 4.78 is 38.4. The summed E-state index contributed by atoms with van der Waals surface area (Å²) in [7, 11) is 0. The van der Waals surface area contributed by atoms with Gasteiger partial charge in [-0.15, -0.1) is 0 Å². The fourth-order valence-corrected chi connectivity index (χ4v) is 2.27. The van der Waals surface area contributed by atoms with Crippen molar-refractivity contribution in [2.24, 2.45) is 0 Å². The van der Waals surface area contributed by atoms with Gasteiger partial charge in [0.15, 0.2) is 0 Å². The van der Waals surface area contributed by atoms with Crippen LogP contribution in [0.3, 0.4) is 0 Å². The lowest BCUT2D eigenvalue weighted by atomic mass is 10.2. The van der Waals surface area contributed by atoms with E-state index in [1.807, 2.05) is 0 Å². The van der Waals surface area contributed by atoms with Crippen molar-refractivity contribution in [2.45, 2.75) is 6.18 Å². The number of anilines is 4. The molecule has 0 amide bonds. The molecule has 0 aliphatic carbocycles. The summed E-state index contributed by atoms with van der Waals surface area (Å²) in [6.45, 7) is 0. The number of carboxylic acids is 1. The van der Waals surface area contributed by atoms with Crippen LogP contribution < -0.4 is 10.6 Å². The van der Waals surface area contributed by atoms with Crippen molar-refractivity contribution in [3.63, 3.8) is 0 Å². The summed E-state index contributed by atoms with van der Waals surface area (Å²) in [6, 6.07) is 12.4. The van der Waals surface area contributed by atoms with Gasteiger partial charge in [-0.3, -0.25) is 0 Å². The minimum absolute atomic E-state index is 0.0914. The third-order valence-electron chi connectivity index (χ3n) is 3.48. The van der Waals surface area contributed by atoms with E-state index in [1.54, 1.807) is 18.2 Å². The second kappa shape index (κ2) is 7.32. The maximum atomic E-state index is 12.8. The number of nitrogens with one attached hydrogen (secondary N) is 2. The molecule has 0 saturated heterocycles. The first kappa shape index (κ1) is 18.2. The summed E-state index contributed by atoms with van der Waals surface area (Å²) in [5.41, 5.74) is 0.0112. The molecule has 27 heavy (non-hydrogen) atoms. The predicted molar refractivity (Wildman–Crippen MR) is 93.4 cm³/mol. The molecule has 3 rings (SSSR count). The number of alkyl halides is 3. The first-order chi connectivity index (χ1) is 12.8. The highest BCUT2D eigenvalue weighted by molar-refractivity contribution is 5.89. The second-order valence-corrected chi connectivity index (χ2v) is 5.48. The van der Waals surface area contributed by atoms with Crippen LogP contribution in [0, 0.1) is 0 Å². The van der Waals surface area contributed by atoms with Crippen LogP contribution in [0.25, 0.3) is 0 Å². The van der Waals surface area contributed by atoms with Gasteiger partial charge in [0.1, 0.15) is 5.82 Å². The molecule has 3 N–H and O–H groups in total. The van der Waals surface area contributed by atoms with Crippen molar-refractivity contribution >= 4 is 29.1 Å². The monoisotopic (exact) mass is 374 g/mol. The maximum absolute atomic E-state index is 12.8. The molecule has 1 heterocycles. The molecular formula is C18H13F3N4O2. The van der Waals surface area contributed by atoms with Crippen LogP contribution in [0.5, 0.6) is 0 Å². The van der Waals surface area contributed by atoms with E-state index >= 15 is 0 Å². The van der Waals surface area contributed by atoms with Crippen LogP contribution in [0.2, 0.25) is 0 Å². The average molecular weight is 374 g/mol. The van der Waals surface area contributed by atoms with E-state index in [-0.39, 0.29) is 17.2 Å². The maximum Gasteiger partial charge on any atom is 0.416 e. The zero-order valence-electron chi connectivity index (χ0n) is 13.7. The summed E-state index contributed by atoms with van der Waals surface area (Å²) in [6.07, 6.45) is -3.02. The number of hydrogen-bond acceptors (Lipinski definition) is 5. The lowest BCUT2D eigenvalue weighted by Crippen LogP contribution is -2.06. The zero-order valence-corrected chi connectivity index (χ0v) is 13.7. The number of aromatic nitrogens is 2. The Labute approximate surface area is 151 Å². The molecular weight excluding hydrogens is 361 g/mol. The molecule has 0 fully saturated rings. The molecule has 0 atom stereocenters. The van der Waals surface area contributed by atoms with Crippen LogP contribution in [0.15, 0.2) is 60.8 Å². The van der Waals surface area contributed by atoms with Crippen LogP contribution in [-0.2, 0) is 6.18 Å². The largest absolute Gasteiger partial charge is 0.478 e. The molecule has 2 aromatic carbocycles. The topological polar surface area (TPSA) is 87.1 Å². The van der Waals surface area contributed by atoms with Gasteiger partial charge in [-0.1, -0.05) is 12.1 Å². The van der Waals surface area contributed by atoms with E-state index in [2.05, 4.69) is 20.6 Å². The summed E-state index contributed by atoms with van der Waals surface area (Å²) in [4.78, 5) is 19.2. The van der Waals surface area contributed by atoms with E-state index in [9.17, 15) is 18.0 Å². The van der Waals surface area contributed by atoms with Gasteiger partial charge in [0, 0.05) is 17.6 Å². The SMILES string of the molecule is O=C(O)c1cccc(Nc2ccnc(Nc3cccc(C(F)(F)F)c3)n2)c1. The lowest BCUT2D eigenvalue weighted by molar-refractivity contribution is -0.137. The van der Waals surface area contributed by atoms with E-state index in [4.69, 9.17) is 5.11 Å². The van der Waals surface area contributed by atoms with E-state index in [1.165, 1.54) is 30.5 Å². The highest BCUT2D eigenvalue weighted by Gasteiger charge is 2.30. The smallest absolute Gasteiger partial charge is 0.416 e. The molecule has 9 heteroatoms. The number of nitrogens with zero attached hydrogens (tertiary/aromatic N) is 2. The van der Waals surface area contributed by atoms with Gasteiger partial charge < -0.3 is 15.7 Å². The first-order valence-corrected chi connectivity index (χ1v) is 7.69. The standard InChI is InChI=1S/C18H13F3N4O2/c19-18(20,21)12-4-2-6-14(10-12)24-17-22-8-7-15(25-17)23-13-5-1-3-11(9-13)16(26)27/h1-10H,(H,26,27)(H2,22,23,24,25). The van der Waals surface area contributed by atoms with Gasteiger partial charge in [-0.05, 0) is 42.5 Å². The zero-order chi connectivity index (χ0) is 19.4. The van der Waals surface area contributed by atoms with E-state index in [0.29, 0.717) is 11.5 Å². The Hall–Kier alpha value is -3.62. The van der Waals surface area contributed by atoms with E-state index in [0.717, 1.165) is 12.1 Å². The van der Waals surface area contributed by atoms with Crippen LogP contribution in [-0.4, -0.2) is 21.0 Å². The molecule has 0 unspecified atom stereocenters. The number of hydrogen-bond donors (Lipinski definition) is 3. The molecule has 138 valence electrons. The Balaban J connectivity index is 1.78. The molecule has 0 aliphatic rings. The molecule has 1 aromatic heterocycles. The number of halogens is 3. The Kier molecular flexibility index (Phi) is 4.93. The average Bonchev–Trinajstić information content (AvgIpc) is 2.62. The fourth-order valence-electron chi connectivity index (χ4n) is 2.27. The Morgan fingerprint density at radius 3 is 2.37 bits per heavy atom. The Morgan fingerprint density at radius 2 is 1.67 bits per heavy atom. The van der Waals surface area contributed by atoms with Crippen molar-refractivity contribution in [3.05, 3.63) is 71.9 Å². The van der Waals surface area contributed by atoms with E-state index < -0.39 is 17.7 Å². The molecule has 0 bridgehead atoms. The van der Waals surface area contributed by atoms with Gasteiger partial charge in [0.2, 0.25) is 5.95 Å². The number of benzene rings is 2. The van der Waals surface area contributed by atoms with Gasteiger partial charge in [0.05, 0.1) is 11.1 Å². The normalized spacial score (nSPS) is 11.1. The quantitative estimate of drug-likeness (QED) is 0.601. The van der Waals surface area contributed by atoms with Crippen LogP contribution in [0.4, 0.5) is 36.3 Å². The molecule has 0 spiro atoms. The molecule has 0 radical (unpaired) electrons. The Morgan fingerprint density at radius 1 is 0.963 bits per heavy atom. The van der Waals surface area contributed by atoms with Crippen LogP contribution in [0.1, 0.15) is 15.9 Å². The predicted octanol–water partition coefficient (Wildman–Crippen LogP) is 4.68. The summed E-state index contributed by atoms with van der Waals surface area (Å²) >= 11 is 0. The molecule has 6 nitrogen and oxygen atoms in total. The summed E-state index contributed by atoms with van der Waals surface area (Å²) in [5, 5.41) is 14.7. The molecule has 0 saturated carbocycles. The molecule has 3 aromatic rings. The van der Waals surface area contributed by atoms with Gasteiger partial charge in [0.25, 0.3) is 0 Å².